The van der Waals surface area contributed by atoms with Gasteiger partial charge in [-0.1, -0.05) is 0 Å². The highest BCUT2D eigenvalue weighted by Gasteiger charge is 2.26. The largest absolute Gasteiger partial charge is 0.477 e. The second kappa shape index (κ2) is 6.41. The maximum Gasteiger partial charge on any atom is 0.341 e. The van der Waals surface area contributed by atoms with Crippen molar-refractivity contribution in [3.05, 3.63) is 39.7 Å². The lowest BCUT2D eigenvalue weighted by Gasteiger charge is -2.33. The normalized spacial score (nSPS) is 15.8. The molecule has 0 unspecified atom stereocenters. The molecular weight excluding hydrogens is 336 g/mol. The minimum absolute atomic E-state index is 0.125. The van der Waals surface area contributed by atoms with Gasteiger partial charge in [0.15, 0.2) is 5.82 Å². The predicted molar refractivity (Wildman–Crippen MR) is 86.3 cm³/mol. The number of carboxylic acids is 1. The number of nitrogens with zero attached hydrogens (tertiary/aromatic N) is 3. The number of aromatic nitrogens is 1. The Kier molecular flexibility index (Phi) is 4.44. The minimum atomic E-state index is -1.45. The van der Waals surface area contributed by atoms with Crippen LogP contribution in [0, 0.1) is 11.6 Å². The minimum Gasteiger partial charge on any atom is -0.477 e. The second-order valence-corrected chi connectivity index (χ2v) is 5.82. The van der Waals surface area contributed by atoms with E-state index in [1.807, 2.05) is 0 Å². The molecule has 1 aromatic heterocycles. The summed E-state index contributed by atoms with van der Waals surface area (Å²) in [6, 6.07) is 0.889. The number of halogens is 2. The summed E-state index contributed by atoms with van der Waals surface area (Å²) in [4.78, 5) is 25.0. The number of carbonyl (C=O) groups is 1. The molecule has 25 heavy (non-hydrogen) atoms. The molecule has 0 atom stereocenters. The van der Waals surface area contributed by atoms with Crippen LogP contribution < -0.4 is 10.3 Å². The van der Waals surface area contributed by atoms with Gasteiger partial charge in [0.05, 0.1) is 10.9 Å². The molecule has 1 fully saturated rings. The summed E-state index contributed by atoms with van der Waals surface area (Å²) < 4.78 is 31.0. The van der Waals surface area contributed by atoms with Crippen molar-refractivity contribution in [2.24, 2.45) is 0 Å². The third kappa shape index (κ3) is 2.85. The molecule has 1 aromatic carbocycles. The third-order valence-corrected chi connectivity index (χ3v) is 4.37. The summed E-state index contributed by atoms with van der Waals surface area (Å²) in [5, 5.41) is 19.3. The quantitative estimate of drug-likeness (QED) is 0.870. The molecule has 2 N–H and O–H groups in total. The Labute approximate surface area is 141 Å². The highest BCUT2D eigenvalue weighted by molar-refractivity contribution is 5.93. The standard InChI is InChI=1S/C16H17F2N3O4/c1-2-19-8-10(16(23)24)15(22)9-7-11(17)14(12(18)13(9)19)20-3-5-21(25)6-4-20/h7-8,25H,2-6H2,1H3,(H,23,24). The lowest BCUT2D eigenvalue weighted by molar-refractivity contribution is -0.0936. The Morgan fingerprint density at radius 3 is 2.44 bits per heavy atom. The smallest absolute Gasteiger partial charge is 0.341 e. The lowest BCUT2D eigenvalue weighted by atomic mass is 10.1. The highest BCUT2D eigenvalue weighted by atomic mass is 19.1. The molecule has 2 aromatic rings. The number of carboxylic acid groups (broad SMARTS) is 1. The van der Waals surface area contributed by atoms with E-state index in [1.54, 1.807) is 6.92 Å². The van der Waals surface area contributed by atoms with Crippen molar-refractivity contribution in [1.82, 2.24) is 9.63 Å². The van der Waals surface area contributed by atoms with E-state index < -0.39 is 28.6 Å². The number of rotatable bonds is 3. The number of piperazine rings is 1. The molecule has 1 aliphatic heterocycles. The number of aryl methyl sites for hydroxylation is 1. The number of benzene rings is 1. The van der Waals surface area contributed by atoms with Crippen molar-refractivity contribution in [1.29, 1.82) is 0 Å². The van der Waals surface area contributed by atoms with Crippen LogP contribution in [-0.4, -0.2) is 52.1 Å². The Balaban J connectivity index is 2.28. The number of hydroxylamine groups is 2. The summed E-state index contributed by atoms with van der Waals surface area (Å²) in [7, 11) is 0. The average molecular weight is 353 g/mol. The molecule has 1 aliphatic rings. The van der Waals surface area contributed by atoms with E-state index in [-0.39, 0.29) is 49.3 Å². The van der Waals surface area contributed by atoms with Gasteiger partial charge in [0.2, 0.25) is 5.43 Å². The molecule has 3 rings (SSSR count). The van der Waals surface area contributed by atoms with E-state index >= 15 is 4.39 Å². The van der Waals surface area contributed by atoms with Crippen LogP contribution in [0.25, 0.3) is 10.9 Å². The summed E-state index contributed by atoms with van der Waals surface area (Å²) >= 11 is 0. The Hall–Kier alpha value is -2.52. The van der Waals surface area contributed by atoms with E-state index in [2.05, 4.69) is 0 Å². The van der Waals surface area contributed by atoms with Gasteiger partial charge in [0.25, 0.3) is 0 Å². The van der Waals surface area contributed by atoms with Crippen LogP contribution in [0.1, 0.15) is 17.3 Å². The fourth-order valence-electron chi connectivity index (χ4n) is 3.09. The predicted octanol–water partition coefficient (Wildman–Crippen LogP) is 1.51. The number of anilines is 1. The van der Waals surface area contributed by atoms with Gasteiger partial charge in [-0.15, -0.1) is 0 Å². The van der Waals surface area contributed by atoms with E-state index in [1.165, 1.54) is 9.47 Å². The highest BCUT2D eigenvalue weighted by Crippen LogP contribution is 2.30. The van der Waals surface area contributed by atoms with Crippen molar-refractivity contribution in [2.45, 2.75) is 13.5 Å². The van der Waals surface area contributed by atoms with Crippen LogP contribution in [0.4, 0.5) is 14.5 Å². The average Bonchev–Trinajstić information content (AvgIpc) is 2.57. The maximum absolute atomic E-state index is 15.1. The van der Waals surface area contributed by atoms with Crippen molar-refractivity contribution >= 4 is 22.6 Å². The molecule has 0 saturated carbocycles. The number of pyridine rings is 1. The zero-order valence-electron chi connectivity index (χ0n) is 13.5. The molecule has 0 spiro atoms. The molecule has 0 radical (unpaired) electrons. The van der Waals surface area contributed by atoms with Gasteiger partial charge in [0, 0.05) is 38.9 Å². The summed E-state index contributed by atoms with van der Waals surface area (Å²) in [6.45, 7) is 2.79. The first kappa shape index (κ1) is 17.3. The zero-order valence-corrected chi connectivity index (χ0v) is 13.5. The van der Waals surface area contributed by atoms with Crippen molar-refractivity contribution in [2.75, 3.05) is 31.1 Å². The SMILES string of the molecule is CCn1cc(C(=O)O)c(=O)c2cc(F)c(N3CCN(O)CC3)c(F)c21. The van der Waals surface area contributed by atoms with Crippen LogP contribution in [0.2, 0.25) is 0 Å². The molecule has 0 aliphatic carbocycles. The van der Waals surface area contributed by atoms with Gasteiger partial charge < -0.3 is 19.8 Å². The van der Waals surface area contributed by atoms with Crippen LogP contribution in [0.5, 0.6) is 0 Å². The second-order valence-electron chi connectivity index (χ2n) is 5.82. The Bertz CT molecular complexity index is 905. The van der Waals surface area contributed by atoms with Crippen LogP contribution in [0.3, 0.4) is 0 Å². The van der Waals surface area contributed by atoms with Crippen molar-refractivity contribution < 1.29 is 23.9 Å². The Morgan fingerprint density at radius 2 is 1.88 bits per heavy atom. The van der Waals surface area contributed by atoms with Crippen LogP contribution >= 0.6 is 0 Å². The van der Waals surface area contributed by atoms with Gasteiger partial charge in [-0.3, -0.25) is 4.79 Å². The molecule has 2 heterocycles. The van der Waals surface area contributed by atoms with E-state index in [9.17, 15) is 19.2 Å². The molecule has 134 valence electrons. The molecule has 9 heteroatoms. The number of hydrogen-bond donors (Lipinski definition) is 2. The van der Waals surface area contributed by atoms with Gasteiger partial charge in [-0.05, 0) is 13.0 Å². The number of fused-ring (bicyclic) bond motifs is 1. The van der Waals surface area contributed by atoms with E-state index in [0.717, 1.165) is 17.3 Å². The maximum atomic E-state index is 15.1. The van der Waals surface area contributed by atoms with Gasteiger partial charge in [0.1, 0.15) is 17.1 Å². The van der Waals surface area contributed by atoms with E-state index in [4.69, 9.17) is 5.11 Å². The lowest BCUT2D eigenvalue weighted by Crippen LogP contribution is -2.45. The van der Waals surface area contributed by atoms with Gasteiger partial charge in [-0.2, -0.15) is 5.06 Å². The first-order valence-electron chi connectivity index (χ1n) is 7.82. The van der Waals surface area contributed by atoms with Crippen LogP contribution in [-0.2, 0) is 6.54 Å². The number of aromatic carboxylic acids is 1. The Morgan fingerprint density at radius 1 is 1.24 bits per heavy atom. The number of hydrogen-bond acceptors (Lipinski definition) is 5. The fraction of sp³-hybridized carbons (Fsp3) is 0.375. The summed E-state index contributed by atoms with van der Waals surface area (Å²) in [5.74, 6) is -3.28. The van der Waals surface area contributed by atoms with Gasteiger partial charge >= 0.3 is 5.97 Å². The monoisotopic (exact) mass is 353 g/mol. The molecule has 1 saturated heterocycles. The summed E-state index contributed by atoms with van der Waals surface area (Å²) in [6.07, 6.45) is 1.07. The van der Waals surface area contributed by atoms with Crippen molar-refractivity contribution in [3.8, 4) is 0 Å². The first-order chi connectivity index (χ1) is 11.8. The molecular formula is C16H17F2N3O4. The molecule has 7 nitrogen and oxygen atoms in total. The van der Waals surface area contributed by atoms with E-state index in [0.29, 0.717) is 0 Å². The zero-order chi connectivity index (χ0) is 18.3. The topological polar surface area (TPSA) is 86.0 Å². The van der Waals surface area contributed by atoms with Crippen LogP contribution in [0.15, 0.2) is 17.1 Å². The molecule has 0 bridgehead atoms. The molecule has 0 amide bonds. The van der Waals surface area contributed by atoms with Gasteiger partial charge in [-0.25, -0.2) is 13.6 Å². The fourth-order valence-corrected chi connectivity index (χ4v) is 3.09. The van der Waals surface area contributed by atoms with Crippen molar-refractivity contribution in [3.63, 3.8) is 0 Å². The first-order valence-corrected chi connectivity index (χ1v) is 7.82. The third-order valence-electron chi connectivity index (χ3n) is 4.37. The summed E-state index contributed by atoms with van der Waals surface area (Å²) in [5.41, 5.74) is -1.85.